The number of carbonyl (C=O) groups excluding carboxylic acids is 1. The minimum atomic E-state index is -0.408. The van der Waals surface area contributed by atoms with E-state index in [0.717, 1.165) is 9.35 Å². The van der Waals surface area contributed by atoms with Gasteiger partial charge in [-0.25, -0.2) is 4.79 Å². The van der Waals surface area contributed by atoms with E-state index in [4.69, 9.17) is 15.2 Å². The molecule has 0 aliphatic carbocycles. The molecule has 0 saturated carbocycles. The monoisotopic (exact) mass is 341 g/mol. The molecule has 0 saturated heterocycles. The molecule has 0 aliphatic rings. The van der Waals surface area contributed by atoms with Gasteiger partial charge in [-0.1, -0.05) is 0 Å². The number of hydrogen-bond acceptors (Lipinski definition) is 5. The normalized spacial score (nSPS) is 10.2. The van der Waals surface area contributed by atoms with Gasteiger partial charge in [0.15, 0.2) is 0 Å². The van der Waals surface area contributed by atoms with Gasteiger partial charge in [-0.3, -0.25) is 0 Å². The summed E-state index contributed by atoms with van der Waals surface area (Å²) in [5.41, 5.74) is 6.57. The highest BCUT2D eigenvalue weighted by Gasteiger charge is 2.11. The Balaban J connectivity index is 2.04. The maximum atomic E-state index is 11.9. The van der Waals surface area contributed by atoms with Gasteiger partial charge in [0.2, 0.25) is 0 Å². The van der Waals surface area contributed by atoms with Crippen molar-refractivity contribution < 1.29 is 14.3 Å². The molecule has 2 rings (SSSR count). The average molecular weight is 342 g/mol. The maximum Gasteiger partial charge on any atom is 0.338 e. The second-order valence-corrected chi connectivity index (χ2v) is 5.58. The number of methoxy groups -OCH3 is 1. The molecule has 100 valence electrons. The summed E-state index contributed by atoms with van der Waals surface area (Å²) in [7, 11) is 1.53. The lowest BCUT2D eigenvalue weighted by Crippen LogP contribution is -2.06. The van der Waals surface area contributed by atoms with Gasteiger partial charge in [-0.15, -0.1) is 11.3 Å². The number of hydrogen-bond donors (Lipinski definition) is 1. The molecule has 0 amide bonds. The Bertz CT molecular complexity index is 597. The third-order valence-corrected chi connectivity index (χ3v) is 4.39. The third kappa shape index (κ3) is 3.27. The molecule has 2 N–H and O–H groups in total. The summed E-state index contributed by atoms with van der Waals surface area (Å²) in [4.78, 5) is 12.8. The van der Waals surface area contributed by atoms with E-state index in [1.807, 2.05) is 11.4 Å². The Morgan fingerprint density at radius 3 is 2.79 bits per heavy atom. The van der Waals surface area contributed by atoms with Gasteiger partial charge in [0.05, 0.1) is 23.2 Å². The van der Waals surface area contributed by atoms with Gasteiger partial charge >= 0.3 is 5.97 Å². The SMILES string of the molecule is COc1ccc(C(=O)OCc2sccc2Br)cc1N. The Morgan fingerprint density at radius 2 is 2.21 bits per heavy atom. The molecule has 1 heterocycles. The number of thiophene rings is 1. The molecule has 6 heteroatoms. The van der Waals surface area contributed by atoms with Crippen LogP contribution in [-0.4, -0.2) is 13.1 Å². The number of esters is 1. The molecular formula is C13H12BrNO3S. The summed E-state index contributed by atoms with van der Waals surface area (Å²) in [5, 5.41) is 1.93. The molecule has 0 atom stereocenters. The molecule has 2 aromatic rings. The predicted octanol–water partition coefficient (Wildman–Crippen LogP) is 3.46. The quantitative estimate of drug-likeness (QED) is 0.683. The first-order valence-electron chi connectivity index (χ1n) is 5.44. The van der Waals surface area contributed by atoms with Crippen LogP contribution in [0.25, 0.3) is 0 Å². The zero-order valence-electron chi connectivity index (χ0n) is 10.2. The molecule has 0 unspecified atom stereocenters. The van der Waals surface area contributed by atoms with Crippen molar-refractivity contribution in [2.45, 2.75) is 6.61 Å². The van der Waals surface area contributed by atoms with Crippen molar-refractivity contribution in [1.29, 1.82) is 0 Å². The van der Waals surface area contributed by atoms with E-state index in [1.165, 1.54) is 18.4 Å². The standard InChI is InChI=1S/C13H12BrNO3S/c1-17-11-3-2-8(6-10(11)15)13(16)18-7-12-9(14)4-5-19-12/h2-6H,7,15H2,1H3. The number of halogens is 1. The van der Waals surface area contributed by atoms with Gasteiger partial charge in [-0.05, 0) is 45.6 Å². The Labute approximate surface area is 123 Å². The number of benzene rings is 1. The fraction of sp³-hybridized carbons (Fsp3) is 0.154. The number of nitrogens with two attached hydrogens (primary N) is 1. The first-order valence-corrected chi connectivity index (χ1v) is 7.11. The van der Waals surface area contributed by atoms with Crippen molar-refractivity contribution in [3.8, 4) is 5.75 Å². The molecule has 1 aromatic heterocycles. The molecule has 0 spiro atoms. The molecule has 0 radical (unpaired) electrons. The topological polar surface area (TPSA) is 61.5 Å². The number of anilines is 1. The molecule has 4 nitrogen and oxygen atoms in total. The van der Waals surface area contributed by atoms with Crippen molar-refractivity contribution in [1.82, 2.24) is 0 Å². The third-order valence-electron chi connectivity index (χ3n) is 2.49. The van der Waals surface area contributed by atoms with Crippen LogP contribution in [0.2, 0.25) is 0 Å². The van der Waals surface area contributed by atoms with Crippen molar-refractivity contribution in [2.75, 3.05) is 12.8 Å². The Kier molecular flexibility index (Phi) is 4.44. The van der Waals surface area contributed by atoms with Crippen LogP contribution >= 0.6 is 27.3 Å². The van der Waals surface area contributed by atoms with E-state index in [-0.39, 0.29) is 6.61 Å². The molecule has 19 heavy (non-hydrogen) atoms. The van der Waals surface area contributed by atoms with E-state index < -0.39 is 5.97 Å². The van der Waals surface area contributed by atoms with Gasteiger partial charge < -0.3 is 15.2 Å². The number of nitrogen functional groups attached to an aromatic ring is 1. The summed E-state index contributed by atoms with van der Waals surface area (Å²) in [6, 6.07) is 6.73. The van der Waals surface area contributed by atoms with Gasteiger partial charge in [-0.2, -0.15) is 0 Å². The number of carbonyl (C=O) groups is 1. The second-order valence-electron chi connectivity index (χ2n) is 3.72. The zero-order valence-corrected chi connectivity index (χ0v) is 12.6. The zero-order chi connectivity index (χ0) is 13.8. The lowest BCUT2D eigenvalue weighted by molar-refractivity contribution is 0.0476. The van der Waals surface area contributed by atoms with Crippen LogP contribution in [0.15, 0.2) is 34.1 Å². The molecular weight excluding hydrogens is 330 g/mol. The molecule has 0 fully saturated rings. The summed E-state index contributed by atoms with van der Waals surface area (Å²) in [5.74, 6) is 0.132. The highest BCUT2D eigenvalue weighted by Crippen LogP contribution is 2.25. The Hall–Kier alpha value is -1.53. The van der Waals surface area contributed by atoms with E-state index in [1.54, 1.807) is 18.2 Å². The van der Waals surface area contributed by atoms with E-state index in [2.05, 4.69) is 15.9 Å². The highest BCUT2D eigenvalue weighted by molar-refractivity contribution is 9.10. The van der Waals surface area contributed by atoms with Crippen LogP contribution in [0.4, 0.5) is 5.69 Å². The van der Waals surface area contributed by atoms with Crippen LogP contribution in [-0.2, 0) is 11.3 Å². The van der Waals surface area contributed by atoms with E-state index in [9.17, 15) is 4.79 Å². The fourth-order valence-electron chi connectivity index (χ4n) is 1.50. The lowest BCUT2D eigenvalue weighted by Gasteiger charge is -2.07. The van der Waals surface area contributed by atoms with Crippen molar-refractivity contribution in [3.63, 3.8) is 0 Å². The summed E-state index contributed by atoms with van der Waals surface area (Å²) >= 11 is 4.91. The lowest BCUT2D eigenvalue weighted by atomic mass is 10.2. The average Bonchev–Trinajstić information content (AvgIpc) is 2.81. The molecule has 0 aliphatic heterocycles. The van der Waals surface area contributed by atoms with Crippen molar-refractivity contribution in [2.24, 2.45) is 0 Å². The minimum absolute atomic E-state index is 0.239. The minimum Gasteiger partial charge on any atom is -0.495 e. The van der Waals surface area contributed by atoms with Crippen LogP contribution in [0.5, 0.6) is 5.75 Å². The van der Waals surface area contributed by atoms with E-state index >= 15 is 0 Å². The second kappa shape index (κ2) is 6.08. The van der Waals surface area contributed by atoms with Crippen LogP contribution < -0.4 is 10.5 Å². The van der Waals surface area contributed by atoms with Crippen LogP contribution in [0.1, 0.15) is 15.2 Å². The predicted molar refractivity (Wildman–Crippen MR) is 78.5 cm³/mol. The summed E-state index contributed by atoms with van der Waals surface area (Å²) < 4.78 is 11.2. The molecule has 0 bridgehead atoms. The summed E-state index contributed by atoms with van der Waals surface area (Å²) in [6.45, 7) is 0.239. The van der Waals surface area contributed by atoms with Gasteiger partial charge in [0, 0.05) is 4.47 Å². The summed E-state index contributed by atoms with van der Waals surface area (Å²) in [6.07, 6.45) is 0. The number of ether oxygens (including phenoxy) is 2. The molecule has 1 aromatic carbocycles. The Morgan fingerprint density at radius 1 is 1.42 bits per heavy atom. The van der Waals surface area contributed by atoms with Crippen LogP contribution in [0, 0.1) is 0 Å². The first-order chi connectivity index (χ1) is 9.11. The van der Waals surface area contributed by atoms with E-state index in [0.29, 0.717) is 17.0 Å². The van der Waals surface area contributed by atoms with Crippen molar-refractivity contribution in [3.05, 3.63) is 44.6 Å². The van der Waals surface area contributed by atoms with Gasteiger partial charge in [0.25, 0.3) is 0 Å². The maximum absolute atomic E-state index is 11.9. The van der Waals surface area contributed by atoms with Gasteiger partial charge in [0.1, 0.15) is 12.4 Å². The fourth-order valence-corrected chi connectivity index (χ4v) is 2.88. The highest BCUT2D eigenvalue weighted by atomic mass is 79.9. The first kappa shape index (κ1) is 13.9. The number of rotatable bonds is 4. The largest absolute Gasteiger partial charge is 0.495 e. The van der Waals surface area contributed by atoms with Crippen LogP contribution in [0.3, 0.4) is 0 Å². The smallest absolute Gasteiger partial charge is 0.338 e. The van der Waals surface area contributed by atoms with Crippen molar-refractivity contribution >= 4 is 38.9 Å².